The van der Waals surface area contributed by atoms with E-state index in [0.29, 0.717) is 31.5 Å². The highest BCUT2D eigenvalue weighted by Gasteiger charge is 2.30. The Morgan fingerprint density at radius 3 is 2.42 bits per heavy atom. The van der Waals surface area contributed by atoms with Gasteiger partial charge < -0.3 is 21.7 Å². The van der Waals surface area contributed by atoms with Gasteiger partial charge in [0.25, 0.3) is 0 Å². The molecule has 6 nitrogen and oxygen atoms in total. The van der Waals surface area contributed by atoms with Crippen molar-refractivity contribution < 1.29 is 9.59 Å². The van der Waals surface area contributed by atoms with Crippen LogP contribution in [-0.4, -0.2) is 37.1 Å². The fourth-order valence-electron chi connectivity index (χ4n) is 3.42. The quantitative estimate of drug-likeness (QED) is 0.459. The number of carbonyl (C=O) groups excluding carboxylic acids is 2. The van der Waals surface area contributed by atoms with Crippen LogP contribution in [0.5, 0.6) is 0 Å². The first kappa shape index (κ1) is 19.0. The van der Waals surface area contributed by atoms with E-state index in [4.69, 9.17) is 5.73 Å². The van der Waals surface area contributed by atoms with Crippen molar-refractivity contribution in [2.75, 3.05) is 13.1 Å². The maximum absolute atomic E-state index is 11.9. The number of nitrogens with two attached hydrogens (primary N) is 1. The number of amides is 3. The summed E-state index contributed by atoms with van der Waals surface area (Å²) in [4.78, 5) is 23.6. The maximum Gasteiger partial charge on any atom is 0.315 e. The normalized spacial score (nSPS) is 19.5. The summed E-state index contributed by atoms with van der Waals surface area (Å²) in [6.45, 7) is 1.21. The maximum atomic E-state index is 11.9. The van der Waals surface area contributed by atoms with E-state index in [1.165, 1.54) is 32.1 Å². The number of rotatable bonds is 10. The molecular weight excluding hydrogens is 304 g/mol. The third-order valence-electron chi connectivity index (χ3n) is 5.10. The van der Waals surface area contributed by atoms with E-state index in [-0.39, 0.29) is 18.0 Å². The molecule has 0 aromatic rings. The van der Waals surface area contributed by atoms with Crippen molar-refractivity contribution in [1.82, 2.24) is 16.0 Å². The lowest BCUT2D eigenvalue weighted by Gasteiger charge is -2.22. The monoisotopic (exact) mass is 338 g/mol. The van der Waals surface area contributed by atoms with Gasteiger partial charge in [-0.3, -0.25) is 4.79 Å². The van der Waals surface area contributed by atoms with Crippen molar-refractivity contribution in [2.24, 2.45) is 11.7 Å². The molecule has 2 rings (SSSR count). The zero-order chi connectivity index (χ0) is 17.2. The van der Waals surface area contributed by atoms with Crippen LogP contribution in [-0.2, 0) is 4.79 Å². The van der Waals surface area contributed by atoms with Crippen LogP contribution >= 0.6 is 0 Å². The van der Waals surface area contributed by atoms with E-state index in [2.05, 4.69) is 16.0 Å². The summed E-state index contributed by atoms with van der Waals surface area (Å²) >= 11 is 0. The van der Waals surface area contributed by atoms with Crippen LogP contribution in [0.2, 0.25) is 0 Å². The standard InChI is InChI=1S/C18H34N4O2/c19-13-16(14-10-11-14)22-17(23)9-5-2-6-12-20-18(24)21-15-7-3-1-4-8-15/h14-16H,1-13,19H2,(H,22,23)(H2,20,21,24). The zero-order valence-electron chi connectivity index (χ0n) is 14.8. The van der Waals surface area contributed by atoms with Crippen molar-refractivity contribution in [3.8, 4) is 0 Å². The smallest absolute Gasteiger partial charge is 0.315 e. The molecule has 0 radical (unpaired) electrons. The van der Waals surface area contributed by atoms with Gasteiger partial charge in [0.15, 0.2) is 0 Å². The molecule has 0 aromatic carbocycles. The molecule has 1 unspecified atom stereocenters. The number of unbranched alkanes of at least 4 members (excludes halogenated alkanes) is 2. The second kappa shape index (κ2) is 10.5. The van der Waals surface area contributed by atoms with Gasteiger partial charge in [0.1, 0.15) is 0 Å². The highest BCUT2D eigenvalue weighted by Crippen LogP contribution is 2.32. The molecule has 2 saturated carbocycles. The van der Waals surface area contributed by atoms with E-state index < -0.39 is 0 Å². The van der Waals surface area contributed by atoms with Gasteiger partial charge in [-0.05, 0) is 44.4 Å². The summed E-state index contributed by atoms with van der Waals surface area (Å²) in [6.07, 6.45) is 11.6. The summed E-state index contributed by atoms with van der Waals surface area (Å²) in [5.74, 6) is 0.714. The van der Waals surface area contributed by atoms with Crippen LogP contribution in [0.15, 0.2) is 0 Å². The average molecular weight is 338 g/mol. The van der Waals surface area contributed by atoms with Crippen LogP contribution in [0.3, 0.4) is 0 Å². The summed E-state index contributed by atoms with van der Waals surface area (Å²) in [6, 6.07) is 0.474. The first-order valence-electron chi connectivity index (χ1n) is 9.73. The second-order valence-corrected chi connectivity index (χ2v) is 7.29. The van der Waals surface area contributed by atoms with Crippen LogP contribution in [0.4, 0.5) is 4.79 Å². The molecule has 6 heteroatoms. The Kier molecular flexibility index (Phi) is 8.36. The van der Waals surface area contributed by atoms with Gasteiger partial charge in [-0.1, -0.05) is 25.7 Å². The average Bonchev–Trinajstić information content (AvgIpc) is 3.41. The predicted octanol–water partition coefficient (Wildman–Crippen LogP) is 2.03. The van der Waals surface area contributed by atoms with E-state index in [1.54, 1.807) is 0 Å². The molecule has 0 spiro atoms. The Balaban J connectivity index is 1.43. The minimum absolute atomic E-state index is 0.0464. The molecule has 0 aromatic heterocycles. The fourth-order valence-corrected chi connectivity index (χ4v) is 3.42. The van der Waals surface area contributed by atoms with Gasteiger partial charge in [-0.25, -0.2) is 4.79 Å². The first-order valence-corrected chi connectivity index (χ1v) is 9.73. The molecule has 1 atom stereocenters. The number of carbonyl (C=O) groups is 2. The van der Waals surface area contributed by atoms with Crippen LogP contribution in [0.1, 0.15) is 70.6 Å². The third-order valence-corrected chi connectivity index (χ3v) is 5.10. The van der Waals surface area contributed by atoms with Crippen LogP contribution < -0.4 is 21.7 Å². The van der Waals surface area contributed by atoms with Crippen molar-refractivity contribution in [1.29, 1.82) is 0 Å². The highest BCUT2D eigenvalue weighted by atomic mass is 16.2. The second-order valence-electron chi connectivity index (χ2n) is 7.29. The van der Waals surface area contributed by atoms with E-state index in [9.17, 15) is 9.59 Å². The molecule has 0 saturated heterocycles. The van der Waals surface area contributed by atoms with Crippen LogP contribution in [0, 0.1) is 5.92 Å². The molecule has 2 aliphatic carbocycles. The molecule has 5 N–H and O–H groups in total. The Morgan fingerprint density at radius 2 is 1.75 bits per heavy atom. The van der Waals surface area contributed by atoms with Gasteiger partial charge in [-0.15, -0.1) is 0 Å². The van der Waals surface area contributed by atoms with E-state index >= 15 is 0 Å². The summed E-state index contributed by atoms with van der Waals surface area (Å²) in [7, 11) is 0. The summed E-state index contributed by atoms with van der Waals surface area (Å²) < 4.78 is 0. The predicted molar refractivity (Wildman–Crippen MR) is 95.6 cm³/mol. The van der Waals surface area contributed by atoms with Crippen molar-refractivity contribution in [2.45, 2.75) is 82.7 Å². The Morgan fingerprint density at radius 1 is 1.00 bits per heavy atom. The molecule has 2 fully saturated rings. The lowest BCUT2D eigenvalue weighted by molar-refractivity contribution is -0.122. The Bertz CT molecular complexity index is 392. The fraction of sp³-hybridized carbons (Fsp3) is 0.889. The molecule has 24 heavy (non-hydrogen) atoms. The first-order chi connectivity index (χ1) is 11.7. The third kappa shape index (κ3) is 7.51. The van der Waals surface area contributed by atoms with Crippen molar-refractivity contribution >= 4 is 11.9 Å². The van der Waals surface area contributed by atoms with Crippen molar-refractivity contribution in [3.63, 3.8) is 0 Å². The van der Waals surface area contributed by atoms with Gasteiger partial charge in [0.2, 0.25) is 5.91 Å². The van der Waals surface area contributed by atoms with E-state index in [0.717, 1.165) is 32.1 Å². The highest BCUT2D eigenvalue weighted by molar-refractivity contribution is 5.76. The number of urea groups is 1. The lowest BCUT2D eigenvalue weighted by atomic mass is 9.96. The minimum atomic E-state index is -0.0464. The van der Waals surface area contributed by atoms with Gasteiger partial charge in [0.05, 0.1) is 0 Å². The Labute approximate surface area is 145 Å². The number of nitrogens with one attached hydrogen (secondary N) is 3. The van der Waals surface area contributed by atoms with Gasteiger partial charge in [-0.2, -0.15) is 0 Å². The molecular formula is C18H34N4O2. The van der Waals surface area contributed by atoms with Crippen LogP contribution in [0.25, 0.3) is 0 Å². The van der Waals surface area contributed by atoms with Gasteiger partial charge in [0, 0.05) is 31.6 Å². The summed E-state index contributed by atoms with van der Waals surface area (Å²) in [5.41, 5.74) is 5.69. The molecule has 0 aliphatic heterocycles. The van der Waals surface area contributed by atoms with E-state index in [1.807, 2.05) is 0 Å². The van der Waals surface area contributed by atoms with Crippen molar-refractivity contribution in [3.05, 3.63) is 0 Å². The zero-order valence-corrected chi connectivity index (χ0v) is 14.8. The molecule has 3 amide bonds. The SMILES string of the molecule is NCC(NC(=O)CCCCCNC(=O)NC1CCCCC1)C1CC1. The number of hydrogen-bond acceptors (Lipinski definition) is 3. The Hall–Kier alpha value is -1.30. The summed E-state index contributed by atoms with van der Waals surface area (Å²) in [5, 5.41) is 9.00. The lowest BCUT2D eigenvalue weighted by Crippen LogP contribution is -2.43. The minimum Gasteiger partial charge on any atom is -0.352 e. The molecule has 0 heterocycles. The molecule has 2 aliphatic rings. The number of hydrogen-bond donors (Lipinski definition) is 4. The molecule has 138 valence electrons. The molecule has 0 bridgehead atoms. The topological polar surface area (TPSA) is 96.2 Å². The van der Waals surface area contributed by atoms with Gasteiger partial charge >= 0.3 is 6.03 Å². The largest absolute Gasteiger partial charge is 0.352 e.